The summed E-state index contributed by atoms with van der Waals surface area (Å²) in [6.07, 6.45) is 7.06. The van der Waals surface area contributed by atoms with Crippen molar-refractivity contribution in [2.45, 2.75) is 0 Å². The zero-order valence-corrected chi connectivity index (χ0v) is 8.42. The summed E-state index contributed by atoms with van der Waals surface area (Å²) < 4.78 is 0. The highest BCUT2D eigenvalue weighted by Gasteiger charge is 2.07. The molecule has 0 saturated carbocycles. The minimum atomic E-state index is 0.784. The Morgan fingerprint density at radius 3 is 3.12 bits per heavy atom. The van der Waals surface area contributed by atoms with Gasteiger partial charge in [0.1, 0.15) is 6.26 Å². The second kappa shape index (κ2) is 3.66. The molecule has 0 atom stereocenters. The molecule has 0 saturated heterocycles. The van der Waals surface area contributed by atoms with E-state index in [1.54, 1.807) is 6.08 Å². The van der Waals surface area contributed by atoms with Crippen LogP contribution in [0.3, 0.4) is 0 Å². The predicted octanol–water partition coefficient (Wildman–Crippen LogP) is 3.42. The molecule has 4 nitrogen and oxygen atoms in total. The largest absolute Gasteiger partial charge is 0.360 e. The number of hydrogen-bond acceptors (Lipinski definition) is 3. The zero-order chi connectivity index (χ0) is 10.8. The summed E-state index contributed by atoms with van der Waals surface area (Å²) >= 11 is 0. The number of hydrogen-bond donors (Lipinski definition) is 1. The molecule has 0 bridgehead atoms. The van der Waals surface area contributed by atoms with Gasteiger partial charge in [-0.25, -0.2) is 0 Å². The van der Waals surface area contributed by atoms with Crippen molar-refractivity contribution < 1.29 is 4.84 Å². The highest BCUT2D eigenvalue weighted by atomic mass is 16.6. The first-order valence-electron chi connectivity index (χ1n) is 4.95. The van der Waals surface area contributed by atoms with Crippen molar-refractivity contribution in [3.05, 3.63) is 54.4 Å². The van der Waals surface area contributed by atoms with E-state index in [1.165, 1.54) is 6.26 Å². The number of fused-ring (bicyclic) bond motifs is 1. The number of allylic oxidation sites excluding steroid dienone is 2. The van der Waals surface area contributed by atoms with Crippen LogP contribution in [0, 0.1) is 0 Å². The fourth-order valence-corrected chi connectivity index (χ4v) is 1.72. The summed E-state index contributed by atoms with van der Waals surface area (Å²) in [6.45, 7) is 0. The smallest absolute Gasteiger partial charge is 0.124 e. The summed E-state index contributed by atoms with van der Waals surface area (Å²) in [6, 6.07) is 8.07. The molecule has 1 aliphatic heterocycles. The third-order valence-corrected chi connectivity index (χ3v) is 2.45. The monoisotopic (exact) mass is 211 g/mol. The lowest BCUT2D eigenvalue weighted by molar-refractivity contribution is 0.244. The summed E-state index contributed by atoms with van der Waals surface area (Å²) in [7, 11) is 0. The lowest BCUT2D eigenvalue weighted by Crippen LogP contribution is -1.76. The van der Waals surface area contributed by atoms with Crippen LogP contribution in [0.5, 0.6) is 0 Å². The average molecular weight is 211 g/mol. The van der Waals surface area contributed by atoms with Gasteiger partial charge in [0.15, 0.2) is 0 Å². The van der Waals surface area contributed by atoms with Crippen LogP contribution >= 0.6 is 0 Å². The van der Waals surface area contributed by atoms with Gasteiger partial charge in [-0.2, -0.15) is 0 Å². The Morgan fingerprint density at radius 2 is 2.12 bits per heavy atom. The van der Waals surface area contributed by atoms with Crippen LogP contribution in [0.15, 0.2) is 59.3 Å². The van der Waals surface area contributed by atoms with Crippen LogP contribution in [-0.4, -0.2) is 4.98 Å². The zero-order valence-electron chi connectivity index (χ0n) is 8.42. The highest BCUT2D eigenvalue weighted by molar-refractivity contribution is 5.92. The summed E-state index contributed by atoms with van der Waals surface area (Å²) in [5.41, 5.74) is 2.89. The number of rotatable bonds is 1. The summed E-state index contributed by atoms with van der Waals surface area (Å²) in [4.78, 5) is 7.95. The van der Waals surface area contributed by atoms with Crippen LogP contribution in [0.2, 0.25) is 0 Å². The SMILES string of the molecule is C1=CON=NC(c2c[nH]c3ccccc23)=C1. The molecule has 0 fully saturated rings. The van der Waals surface area contributed by atoms with E-state index < -0.39 is 0 Å². The summed E-state index contributed by atoms with van der Waals surface area (Å²) in [5, 5.41) is 8.70. The third kappa shape index (κ3) is 1.40. The quantitative estimate of drug-likeness (QED) is 0.771. The van der Waals surface area contributed by atoms with Gasteiger partial charge in [0.25, 0.3) is 0 Å². The molecule has 1 N–H and O–H groups in total. The van der Waals surface area contributed by atoms with Crippen LogP contribution in [0.1, 0.15) is 5.56 Å². The Hall–Kier alpha value is -2.36. The fourth-order valence-electron chi connectivity index (χ4n) is 1.72. The molecule has 3 rings (SSSR count). The van der Waals surface area contributed by atoms with Crippen molar-refractivity contribution in [1.29, 1.82) is 0 Å². The van der Waals surface area contributed by atoms with E-state index in [9.17, 15) is 0 Å². The molecule has 1 aliphatic rings. The number of para-hydroxylation sites is 1. The number of aromatic amines is 1. The van der Waals surface area contributed by atoms with E-state index in [-0.39, 0.29) is 0 Å². The number of nitrogens with zero attached hydrogens (tertiary/aromatic N) is 2. The third-order valence-electron chi connectivity index (χ3n) is 2.45. The van der Waals surface area contributed by atoms with Crippen molar-refractivity contribution in [1.82, 2.24) is 4.98 Å². The maximum Gasteiger partial charge on any atom is 0.124 e. The Labute approximate surface area is 91.9 Å². The molecule has 0 radical (unpaired) electrons. The van der Waals surface area contributed by atoms with Gasteiger partial charge in [-0.1, -0.05) is 18.2 Å². The van der Waals surface area contributed by atoms with Crippen molar-refractivity contribution in [3.63, 3.8) is 0 Å². The Balaban J connectivity index is 2.19. The van der Waals surface area contributed by atoms with E-state index in [1.807, 2.05) is 36.5 Å². The van der Waals surface area contributed by atoms with Crippen molar-refractivity contribution in [3.8, 4) is 0 Å². The first-order valence-corrected chi connectivity index (χ1v) is 4.95. The van der Waals surface area contributed by atoms with E-state index in [2.05, 4.69) is 15.4 Å². The molecular formula is C12H9N3O. The lowest BCUT2D eigenvalue weighted by atomic mass is 10.1. The van der Waals surface area contributed by atoms with Gasteiger partial charge in [-0.3, -0.25) is 0 Å². The number of benzene rings is 1. The maximum absolute atomic E-state index is 4.75. The minimum Gasteiger partial charge on any atom is -0.360 e. The number of aromatic nitrogens is 1. The first kappa shape index (κ1) is 8.91. The van der Waals surface area contributed by atoms with Gasteiger partial charge in [0.2, 0.25) is 0 Å². The Morgan fingerprint density at radius 1 is 1.19 bits per heavy atom. The van der Waals surface area contributed by atoms with E-state index in [4.69, 9.17) is 4.84 Å². The van der Waals surface area contributed by atoms with E-state index in [0.717, 1.165) is 22.2 Å². The second-order valence-electron chi connectivity index (χ2n) is 3.42. The van der Waals surface area contributed by atoms with Crippen LogP contribution in [-0.2, 0) is 4.84 Å². The summed E-state index contributed by atoms with van der Waals surface area (Å²) in [5.74, 6) is 0. The van der Waals surface area contributed by atoms with Crippen LogP contribution in [0.25, 0.3) is 16.6 Å². The first-order chi connectivity index (χ1) is 7.95. The minimum absolute atomic E-state index is 0.784. The molecule has 0 spiro atoms. The van der Waals surface area contributed by atoms with E-state index in [0.29, 0.717) is 0 Å². The topological polar surface area (TPSA) is 49.7 Å². The molecule has 78 valence electrons. The fraction of sp³-hybridized carbons (Fsp3) is 0. The lowest BCUT2D eigenvalue weighted by Gasteiger charge is -1.95. The predicted molar refractivity (Wildman–Crippen MR) is 61.4 cm³/mol. The Kier molecular flexibility index (Phi) is 2.04. The van der Waals surface area contributed by atoms with Gasteiger partial charge in [0.05, 0.1) is 5.70 Å². The van der Waals surface area contributed by atoms with Crippen molar-refractivity contribution in [2.75, 3.05) is 0 Å². The van der Waals surface area contributed by atoms with Gasteiger partial charge in [-0.15, -0.1) is 5.11 Å². The van der Waals surface area contributed by atoms with Gasteiger partial charge in [0, 0.05) is 27.9 Å². The molecule has 0 amide bonds. The average Bonchev–Trinajstić information content (AvgIpc) is 2.57. The van der Waals surface area contributed by atoms with Gasteiger partial charge < -0.3 is 9.82 Å². The highest BCUT2D eigenvalue weighted by Crippen LogP contribution is 2.26. The molecule has 1 aromatic carbocycles. The van der Waals surface area contributed by atoms with Gasteiger partial charge in [-0.05, 0) is 18.2 Å². The molecule has 2 aromatic rings. The van der Waals surface area contributed by atoms with Crippen LogP contribution < -0.4 is 0 Å². The molecule has 0 unspecified atom stereocenters. The standard InChI is InChI=1S/C12H9N3O/c1-2-5-11-9(4-1)10(8-13-11)12-6-3-7-16-15-14-12/h1-8,13H. The normalized spacial score (nSPS) is 14.6. The van der Waals surface area contributed by atoms with Crippen molar-refractivity contribution >= 4 is 16.6 Å². The maximum atomic E-state index is 4.75. The molecule has 1 aromatic heterocycles. The van der Waals surface area contributed by atoms with Gasteiger partial charge >= 0.3 is 0 Å². The van der Waals surface area contributed by atoms with Crippen molar-refractivity contribution in [2.24, 2.45) is 10.4 Å². The molecule has 4 heteroatoms. The second-order valence-corrected chi connectivity index (χ2v) is 3.42. The molecule has 2 heterocycles. The Bertz CT molecular complexity index is 608. The van der Waals surface area contributed by atoms with E-state index >= 15 is 0 Å². The molecule has 0 aliphatic carbocycles. The molecule has 16 heavy (non-hydrogen) atoms. The number of nitrogens with one attached hydrogen (secondary N) is 1. The molecular weight excluding hydrogens is 202 g/mol. The number of H-pyrrole nitrogens is 1. The van der Waals surface area contributed by atoms with Crippen LogP contribution in [0.4, 0.5) is 0 Å².